The van der Waals surface area contributed by atoms with E-state index in [2.05, 4.69) is 15.2 Å². The van der Waals surface area contributed by atoms with E-state index in [4.69, 9.17) is 0 Å². The molecule has 1 saturated heterocycles. The van der Waals surface area contributed by atoms with Gasteiger partial charge in [0.05, 0.1) is 23.7 Å². The van der Waals surface area contributed by atoms with Crippen molar-refractivity contribution in [2.24, 2.45) is 0 Å². The highest BCUT2D eigenvalue weighted by molar-refractivity contribution is 5.96. The summed E-state index contributed by atoms with van der Waals surface area (Å²) < 4.78 is 41.9. The number of carbonyl (C=O) groups excluding carboxylic acids is 1. The summed E-state index contributed by atoms with van der Waals surface area (Å²) in [4.78, 5) is 18.5. The van der Waals surface area contributed by atoms with Crippen molar-refractivity contribution >= 4 is 5.91 Å². The molecule has 6 nitrogen and oxygen atoms in total. The van der Waals surface area contributed by atoms with Crippen molar-refractivity contribution in [2.45, 2.75) is 31.6 Å². The second kappa shape index (κ2) is 7.65. The van der Waals surface area contributed by atoms with Crippen LogP contribution in [0.5, 0.6) is 0 Å². The molecule has 0 aliphatic carbocycles. The van der Waals surface area contributed by atoms with E-state index in [0.717, 1.165) is 11.6 Å². The number of rotatable bonds is 4. The Morgan fingerprint density at radius 2 is 1.90 bits per heavy atom. The molecule has 150 valence electrons. The molecule has 1 atom stereocenters. The van der Waals surface area contributed by atoms with Crippen LogP contribution in [0.2, 0.25) is 0 Å². The van der Waals surface area contributed by atoms with Crippen molar-refractivity contribution < 1.29 is 18.0 Å². The fourth-order valence-electron chi connectivity index (χ4n) is 3.68. The molecule has 4 rings (SSSR count). The first-order valence-corrected chi connectivity index (χ1v) is 9.19. The molecule has 9 heteroatoms. The number of alkyl halides is 3. The number of aromatic nitrogens is 4. The van der Waals surface area contributed by atoms with Crippen molar-refractivity contribution in [3.8, 4) is 0 Å². The Labute approximate surface area is 165 Å². The van der Waals surface area contributed by atoms with Gasteiger partial charge >= 0.3 is 6.18 Å². The van der Waals surface area contributed by atoms with Gasteiger partial charge in [-0.05, 0) is 42.7 Å². The van der Waals surface area contributed by atoms with Crippen molar-refractivity contribution in [1.29, 1.82) is 0 Å². The van der Waals surface area contributed by atoms with Crippen molar-refractivity contribution in [1.82, 2.24) is 24.6 Å². The minimum Gasteiger partial charge on any atom is -0.328 e. The lowest BCUT2D eigenvalue weighted by Gasteiger charge is -2.26. The molecule has 1 unspecified atom stereocenters. The van der Waals surface area contributed by atoms with E-state index in [1.165, 1.54) is 23.1 Å². The first-order valence-electron chi connectivity index (χ1n) is 9.19. The van der Waals surface area contributed by atoms with Gasteiger partial charge in [0.1, 0.15) is 6.33 Å². The SMILES string of the molecule is O=C(c1ccccc1C(F)(F)F)N1CCCC1c1nncn1Cc1ccncc1. The van der Waals surface area contributed by atoms with Crippen LogP contribution in [0.15, 0.2) is 55.1 Å². The maximum Gasteiger partial charge on any atom is 0.417 e. The Bertz CT molecular complexity index is 1000. The van der Waals surface area contributed by atoms with Gasteiger partial charge in [0.15, 0.2) is 5.82 Å². The van der Waals surface area contributed by atoms with E-state index in [0.29, 0.717) is 31.8 Å². The Balaban J connectivity index is 1.63. The minimum absolute atomic E-state index is 0.341. The Morgan fingerprint density at radius 1 is 1.14 bits per heavy atom. The molecule has 1 amide bonds. The first-order chi connectivity index (χ1) is 13.9. The lowest BCUT2D eigenvalue weighted by atomic mass is 10.1. The van der Waals surface area contributed by atoms with Gasteiger partial charge in [-0.3, -0.25) is 9.78 Å². The highest BCUT2D eigenvalue weighted by Gasteiger charge is 2.39. The zero-order valence-electron chi connectivity index (χ0n) is 15.4. The fraction of sp³-hybridized carbons (Fsp3) is 0.300. The summed E-state index contributed by atoms with van der Waals surface area (Å²) in [6.45, 7) is 0.861. The number of pyridine rings is 1. The Hall–Kier alpha value is -3.23. The molecule has 3 aromatic rings. The predicted molar refractivity (Wildman–Crippen MR) is 97.8 cm³/mol. The molecule has 0 N–H and O–H groups in total. The molecule has 3 heterocycles. The lowest BCUT2D eigenvalue weighted by molar-refractivity contribution is -0.138. The summed E-state index contributed by atoms with van der Waals surface area (Å²) >= 11 is 0. The van der Waals surface area contributed by atoms with Crippen LogP contribution in [-0.4, -0.2) is 37.1 Å². The monoisotopic (exact) mass is 401 g/mol. The van der Waals surface area contributed by atoms with Gasteiger partial charge < -0.3 is 9.47 Å². The van der Waals surface area contributed by atoms with E-state index < -0.39 is 23.7 Å². The fourth-order valence-corrected chi connectivity index (χ4v) is 3.68. The van der Waals surface area contributed by atoms with Gasteiger partial charge in [-0.2, -0.15) is 13.2 Å². The lowest BCUT2D eigenvalue weighted by Crippen LogP contribution is -2.33. The van der Waals surface area contributed by atoms with E-state index in [-0.39, 0.29) is 5.56 Å². The Kier molecular flexibility index (Phi) is 5.04. The van der Waals surface area contributed by atoms with E-state index in [9.17, 15) is 18.0 Å². The normalized spacial score (nSPS) is 16.9. The van der Waals surface area contributed by atoms with Gasteiger partial charge in [-0.1, -0.05) is 12.1 Å². The molecule has 1 aliphatic heterocycles. The van der Waals surface area contributed by atoms with Crippen LogP contribution >= 0.6 is 0 Å². The third kappa shape index (κ3) is 3.85. The highest BCUT2D eigenvalue weighted by atomic mass is 19.4. The van der Waals surface area contributed by atoms with E-state index in [1.54, 1.807) is 18.7 Å². The summed E-state index contributed by atoms with van der Waals surface area (Å²) in [7, 11) is 0. The van der Waals surface area contributed by atoms with Gasteiger partial charge in [0.2, 0.25) is 0 Å². The largest absolute Gasteiger partial charge is 0.417 e. The average molecular weight is 401 g/mol. The maximum atomic E-state index is 13.4. The second-order valence-corrected chi connectivity index (χ2v) is 6.87. The minimum atomic E-state index is -4.59. The number of halogens is 3. The molecule has 29 heavy (non-hydrogen) atoms. The van der Waals surface area contributed by atoms with Crippen LogP contribution in [-0.2, 0) is 12.7 Å². The summed E-state index contributed by atoms with van der Waals surface area (Å²) in [6.07, 6.45) is 1.64. The molecule has 2 aromatic heterocycles. The third-order valence-electron chi connectivity index (χ3n) is 5.02. The number of likely N-dealkylation sites (tertiary alicyclic amines) is 1. The van der Waals surface area contributed by atoms with E-state index >= 15 is 0 Å². The van der Waals surface area contributed by atoms with Gasteiger partial charge in [0.25, 0.3) is 5.91 Å². The maximum absolute atomic E-state index is 13.4. The quantitative estimate of drug-likeness (QED) is 0.669. The van der Waals surface area contributed by atoms with Crippen molar-refractivity contribution in [3.63, 3.8) is 0 Å². The third-order valence-corrected chi connectivity index (χ3v) is 5.02. The van der Waals surface area contributed by atoms with Crippen LogP contribution in [0.3, 0.4) is 0 Å². The van der Waals surface area contributed by atoms with Crippen LogP contribution in [0, 0.1) is 0 Å². The van der Waals surface area contributed by atoms with Gasteiger partial charge in [-0.25, -0.2) is 0 Å². The highest BCUT2D eigenvalue weighted by Crippen LogP contribution is 2.36. The molecule has 0 bridgehead atoms. The summed E-state index contributed by atoms with van der Waals surface area (Å²) in [5, 5.41) is 8.14. The number of nitrogens with zero attached hydrogens (tertiary/aromatic N) is 5. The molecule has 0 radical (unpaired) electrons. The number of amides is 1. The molecule has 0 spiro atoms. The topological polar surface area (TPSA) is 63.9 Å². The Morgan fingerprint density at radius 3 is 2.66 bits per heavy atom. The van der Waals surface area contributed by atoms with Crippen LogP contribution in [0.1, 0.15) is 46.2 Å². The second-order valence-electron chi connectivity index (χ2n) is 6.87. The average Bonchev–Trinajstić information content (AvgIpc) is 3.36. The van der Waals surface area contributed by atoms with Crippen molar-refractivity contribution in [3.05, 3.63) is 77.6 Å². The smallest absolute Gasteiger partial charge is 0.328 e. The first kappa shape index (κ1) is 19.1. The van der Waals surface area contributed by atoms with Crippen LogP contribution in [0.4, 0.5) is 13.2 Å². The number of benzene rings is 1. The zero-order chi connectivity index (χ0) is 20.4. The predicted octanol–water partition coefficient (Wildman–Crippen LogP) is 3.72. The van der Waals surface area contributed by atoms with Gasteiger partial charge in [-0.15, -0.1) is 10.2 Å². The molecular formula is C20H18F3N5O. The molecular weight excluding hydrogens is 383 g/mol. The molecule has 1 fully saturated rings. The van der Waals surface area contributed by atoms with E-state index in [1.807, 2.05) is 16.7 Å². The van der Waals surface area contributed by atoms with Crippen LogP contribution in [0.25, 0.3) is 0 Å². The summed E-state index contributed by atoms with van der Waals surface area (Å²) in [6, 6.07) is 8.19. The summed E-state index contributed by atoms with van der Waals surface area (Å²) in [5.74, 6) is -0.0731. The molecule has 0 saturated carbocycles. The number of carbonyl (C=O) groups is 1. The number of hydrogen-bond acceptors (Lipinski definition) is 4. The van der Waals surface area contributed by atoms with Crippen molar-refractivity contribution in [2.75, 3.05) is 6.54 Å². The standard InChI is InChI=1S/C20H18F3N5O/c21-20(22,23)16-5-2-1-4-15(16)19(29)28-11-3-6-17(28)18-26-25-13-27(18)12-14-7-9-24-10-8-14/h1-2,4-5,7-10,13,17H,3,6,11-12H2. The van der Waals surface area contributed by atoms with Crippen LogP contribution < -0.4 is 0 Å². The number of hydrogen-bond donors (Lipinski definition) is 0. The molecule has 1 aromatic carbocycles. The van der Waals surface area contributed by atoms with Gasteiger partial charge in [0, 0.05) is 18.9 Å². The molecule has 1 aliphatic rings. The zero-order valence-corrected chi connectivity index (χ0v) is 15.4. The summed E-state index contributed by atoms with van der Waals surface area (Å²) in [5.41, 5.74) is -0.277.